The van der Waals surface area contributed by atoms with Crippen molar-refractivity contribution in [2.45, 2.75) is 38.6 Å². The Morgan fingerprint density at radius 1 is 1.42 bits per heavy atom. The molecular weight excluding hydrogens is 306 g/mol. The first kappa shape index (κ1) is 17.0. The van der Waals surface area contributed by atoms with Crippen molar-refractivity contribution >= 4 is 11.9 Å². The molecule has 24 heavy (non-hydrogen) atoms. The number of piperidine rings is 1. The molecule has 0 unspecified atom stereocenters. The number of amides is 3. The number of likely N-dealkylation sites (N-methyl/N-ethyl adjacent to an activating group) is 1. The molecule has 7 nitrogen and oxygen atoms in total. The highest BCUT2D eigenvalue weighted by Gasteiger charge is 2.52. The van der Waals surface area contributed by atoms with E-state index in [1.165, 1.54) is 10.5 Å². The van der Waals surface area contributed by atoms with E-state index >= 15 is 0 Å². The topological polar surface area (TPSA) is 70.5 Å². The summed E-state index contributed by atoms with van der Waals surface area (Å²) < 4.78 is 1.82. The highest BCUT2D eigenvalue weighted by molar-refractivity contribution is 6.07. The van der Waals surface area contributed by atoms with Gasteiger partial charge in [0.25, 0.3) is 5.91 Å². The third kappa shape index (κ3) is 3.05. The van der Waals surface area contributed by atoms with Gasteiger partial charge >= 0.3 is 6.03 Å². The maximum atomic E-state index is 12.7. The lowest BCUT2D eigenvalue weighted by Crippen LogP contribution is -2.56. The first-order valence-electron chi connectivity index (χ1n) is 8.78. The predicted octanol–water partition coefficient (Wildman–Crippen LogP) is 1.00. The third-order valence-corrected chi connectivity index (χ3v) is 5.41. The number of carbonyl (C=O) groups is 2. The summed E-state index contributed by atoms with van der Waals surface area (Å²) in [7, 11) is 1.93. The van der Waals surface area contributed by atoms with Gasteiger partial charge in [-0.15, -0.1) is 0 Å². The average molecular weight is 333 g/mol. The van der Waals surface area contributed by atoms with Crippen molar-refractivity contribution in [1.29, 1.82) is 0 Å². The van der Waals surface area contributed by atoms with Crippen LogP contribution in [0.2, 0.25) is 0 Å². The molecule has 2 atom stereocenters. The summed E-state index contributed by atoms with van der Waals surface area (Å²) in [4.78, 5) is 28.4. The van der Waals surface area contributed by atoms with Crippen LogP contribution in [0.4, 0.5) is 4.79 Å². The summed E-state index contributed by atoms with van der Waals surface area (Å²) in [5, 5.41) is 7.15. The van der Waals surface area contributed by atoms with Gasteiger partial charge in [-0.3, -0.25) is 14.4 Å². The van der Waals surface area contributed by atoms with Gasteiger partial charge in [0.1, 0.15) is 5.54 Å². The molecule has 1 aromatic rings. The number of aryl methyl sites for hydroxylation is 1. The SMILES string of the molecule is CCN1C(=O)N[C@@](C)([C@@H]2CCCN(CCc3cnn(C)c3)C2)C1=O. The van der Waals surface area contributed by atoms with Gasteiger partial charge in [-0.05, 0) is 45.2 Å². The number of urea groups is 1. The standard InChI is InChI=1S/C17H27N5O2/c1-4-22-15(23)17(2,19-16(22)24)14-6-5-8-21(12-14)9-7-13-10-18-20(3)11-13/h10-11,14H,4-9,12H2,1-3H3,(H,19,24)/t14-,17+/m1/s1. The molecule has 2 aliphatic rings. The minimum Gasteiger partial charge on any atom is -0.323 e. The Kier molecular flexibility index (Phi) is 4.62. The van der Waals surface area contributed by atoms with Crippen LogP contribution >= 0.6 is 0 Å². The smallest absolute Gasteiger partial charge is 0.323 e. The van der Waals surface area contributed by atoms with Crippen LogP contribution < -0.4 is 5.32 Å². The Morgan fingerprint density at radius 3 is 2.83 bits per heavy atom. The third-order valence-electron chi connectivity index (χ3n) is 5.41. The highest BCUT2D eigenvalue weighted by Crippen LogP contribution is 2.32. The zero-order valence-electron chi connectivity index (χ0n) is 14.8. The number of aromatic nitrogens is 2. The normalized spacial score (nSPS) is 28.5. The number of imide groups is 1. The molecule has 0 saturated carbocycles. The summed E-state index contributed by atoms with van der Waals surface area (Å²) in [6, 6.07) is -0.252. The van der Waals surface area contributed by atoms with E-state index in [4.69, 9.17) is 0 Å². The number of hydrogen-bond donors (Lipinski definition) is 1. The number of likely N-dealkylation sites (tertiary alicyclic amines) is 1. The van der Waals surface area contributed by atoms with E-state index in [0.717, 1.165) is 38.9 Å². The van der Waals surface area contributed by atoms with Gasteiger partial charge in [0, 0.05) is 38.8 Å². The van der Waals surface area contributed by atoms with Crippen LogP contribution in [-0.2, 0) is 18.3 Å². The fourth-order valence-electron chi connectivity index (χ4n) is 3.90. The van der Waals surface area contributed by atoms with E-state index in [1.807, 2.05) is 38.0 Å². The van der Waals surface area contributed by atoms with E-state index in [-0.39, 0.29) is 17.9 Å². The first-order chi connectivity index (χ1) is 11.4. The summed E-state index contributed by atoms with van der Waals surface area (Å²) in [6.45, 7) is 7.00. The largest absolute Gasteiger partial charge is 0.325 e. The molecule has 3 heterocycles. The Balaban J connectivity index is 1.63. The van der Waals surface area contributed by atoms with E-state index in [9.17, 15) is 9.59 Å². The van der Waals surface area contributed by atoms with E-state index < -0.39 is 5.54 Å². The second-order valence-corrected chi connectivity index (χ2v) is 7.09. The van der Waals surface area contributed by atoms with Gasteiger partial charge in [-0.2, -0.15) is 5.10 Å². The lowest BCUT2D eigenvalue weighted by Gasteiger charge is -2.39. The van der Waals surface area contributed by atoms with Crippen molar-refractivity contribution in [1.82, 2.24) is 24.9 Å². The van der Waals surface area contributed by atoms with Gasteiger partial charge < -0.3 is 10.2 Å². The van der Waals surface area contributed by atoms with E-state index in [1.54, 1.807) is 0 Å². The number of rotatable bonds is 5. The summed E-state index contributed by atoms with van der Waals surface area (Å²) in [6.07, 6.45) is 6.94. The van der Waals surface area contributed by atoms with Gasteiger partial charge in [0.2, 0.25) is 0 Å². The van der Waals surface area contributed by atoms with E-state index in [0.29, 0.717) is 6.54 Å². The molecule has 3 amide bonds. The Bertz CT molecular complexity index is 628. The molecule has 0 aliphatic carbocycles. The summed E-state index contributed by atoms with van der Waals surface area (Å²) >= 11 is 0. The molecule has 1 aromatic heterocycles. The molecule has 7 heteroatoms. The second-order valence-electron chi connectivity index (χ2n) is 7.09. The fourth-order valence-corrected chi connectivity index (χ4v) is 3.90. The van der Waals surface area contributed by atoms with Crippen LogP contribution in [0.5, 0.6) is 0 Å². The van der Waals surface area contributed by atoms with Gasteiger partial charge in [-0.1, -0.05) is 0 Å². The second kappa shape index (κ2) is 6.55. The number of nitrogens with zero attached hydrogens (tertiary/aromatic N) is 4. The van der Waals surface area contributed by atoms with Crippen molar-refractivity contribution in [2.75, 3.05) is 26.2 Å². The fraction of sp³-hybridized carbons (Fsp3) is 0.706. The van der Waals surface area contributed by atoms with Crippen molar-refractivity contribution in [3.05, 3.63) is 18.0 Å². The van der Waals surface area contributed by atoms with Crippen LogP contribution in [0.15, 0.2) is 12.4 Å². The van der Waals surface area contributed by atoms with Crippen LogP contribution in [0, 0.1) is 5.92 Å². The molecule has 3 rings (SSSR count). The van der Waals surface area contributed by atoms with Gasteiger partial charge in [0.05, 0.1) is 6.20 Å². The number of carbonyl (C=O) groups excluding carboxylic acids is 2. The monoisotopic (exact) mass is 333 g/mol. The lowest BCUT2D eigenvalue weighted by molar-refractivity contribution is -0.133. The highest BCUT2D eigenvalue weighted by atomic mass is 16.2. The number of nitrogens with one attached hydrogen (secondary N) is 1. The van der Waals surface area contributed by atoms with Crippen LogP contribution in [0.3, 0.4) is 0 Å². The molecule has 0 aromatic carbocycles. The van der Waals surface area contributed by atoms with Crippen LogP contribution in [-0.4, -0.2) is 63.2 Å². The summed E-state index contributed by atoms with van der Waals surface area (Å²) in [5.74, 6) is 0.0854. The van der Waals surface area contributed by atoms with Crippen molar-refractivity contribution in [3.8, 4) is 0 Å². The Morgan fingerprint density at radius 2 is 2.21 bits per heavy atom. The molecule has 0 bridgehead atoms. The van der Waals surface area contributed by atoms with Crippen LogP contribution in [0.25, 0.3) is 0 Å². The Hall–Kier alpha value is -1.89. The van der Waals surface area contributed by atoms with Gasteiger partial charge in [0.15, 0.2) is 0 Å². The van der Waals surface area contributed by atoms with Crippen molar-refractivity contribution in [3.63, 3.8) is 0 Å². The van der Waals surface area contributed by atoms with Crippen molar-refractivity contribution < 1.29 is 9.59 Å². The quantitative estimate of drug-likeness (QED) is 0.816. The van der Waals surface area contributed by atoms with Gasteiger partial charge in [-0.25, -0.2) is 4.79 Å². The zero-order valence-corrected chi connectivity index (χ0v) is 14.8. The maximum absolute atomic E-state index is 12.7. The van der Waals surface area contributed by atoms with Crippen LogP contribution in [0.1, 0.15) is 32.3 Å². The summed E-state index contributed by atoms with van der Waals surface area (Å²) in [5.41, 5.74) is 0.466. The minimum atomic E-state index is -0.764. The molecule has 2 fully saturated rings. The minimum absolute atomic E-state index is 0.0749. The molecule has 2 aliphatic heterocycles. The van der Waals surface area contributed by atoms with E-state index in [2.05, 4.69) is 15.3 Å². The zero-order chi connectivity index (χ0) is 17.3. The predicted molar refractivity (Wildman–Crippen MR) is 90.4 cm³/mol. The molecule has 2 saturated heterocycles. The molecule has 132 valence electrons. The first-order valence-corrected chi connectivity index (χ1v) is 8.78. The maximum Gasteiger partial charge on any atom is 0.325 e. The molecule has 0 spiro atoms. The molecule has 1 N–H and O–H groups in total. The average Bonchev–Trinajstić information content (AvgIpc) is 3.08. The lowest BCUT2D eigenvalue weighted by atomic mass is 9.80. The molecule has 0 radical (unpaired) electrons. The molecular formula is C17H27N5O2. The Labute approximate surface area is 143 Å². The van der Waals surface area contributed by atoms with Crippen molar-refractivity contribution in [2.24, 2.45) is 13.0 Å². The number of hydrogen-bond acceptors (Lipinski definition) is 4.